The number of carbonyl (C=O) groups excluding carboxylic acids is 1. The number of hydrogen-bond acceptors (Lipinski definition) is 3. The summed E-state index contributed by atoms with van der Waals surface area (Å²) in [5, 5.41) is 9.46. The third kappa shape index (κ3) is 10.1. The third-order valence-corrected chi connectivity index (χ3v) is 3.95. The molecule has 7 heteroatoms. The van der Waals surface area contributed by atoms with E-state index in [1.807, 2.05) is 39.0 Å². The second-order valence-electron chi connectivity index (χ2n) is 6.76. The average Bonchev–Trinajstić information content (AvgIpc) is 2.79. The van der Waals surface area contributed by atoms with Gasteiger partial charge in [-0.1, -0.05) is 0 Å². The van der Waals surface area contributed by atoms with Crippen LogP contribution in [0.4, 0.5) is 0 Å². The quantitative estimate of drug-likeness (QED) is 0.343. The Labute approximate surface area is 167 Å². The van der Waals surface area contributed by atoms with Gasteiger partial charge < -0.3 is 16.0 Å². The number of halogens is 1. The topological polar surface area (TPSA) is 65.5 Å². The van der Waals surface area contributed by atoms with Crippen LogP contribution in [0, 0.1) is 6.92 Å². The van der Waals surface area contributed by atoms with Crippen LogP contribution in [0.5, 0.6) is 0 Å². The molecule has 3 N–H and O–H groups in total. The summed E-state index contributed by atoms with van der Waals surface area (Å²) >= 11 is 1.82. The fraction of sp³-hybridized carbons (Fsp3) is 0.647. The first-order valence-corrected chi connectivity index (χ1v) is 8.92. The lowest BCUT2D eigenvalue weighted by molar-refractivity contribution is -0.121. The van der Waals surface area contributed by atoms with Crippen LogP contribution in [0.2, 0.25) is 0 Å². The highest BCUT2D eigenvalue weighted by molar-refractivity contribution is 14.0. The standard InChI is InChI=1S/C17H30N4OS.HI/c1-7-18-16(19-11-15(22)21-17(4,5)6)20-12(2)10-14-9-8-13(3)23-14;/h8-9,12H,7,10-11H2,1-6H3,(H,21,22)(H2,18,19,20);1H. The predicted molar refractivity (Wildman–Crippen MR) is 115 cm³/mol. The summed E-state index contributed by atoms with van der Waals surface area (Å²) in [5.41, 5.74) is -0.233. The van der Waals surface area contributed by atoms with E-state index in [-0.39, 0.29) is 48.0 Å². The zero-order chi connectivity index (χ0) is 17.5. The van der Waals surface area contributed by atoms with Gasteiger partial charge in [-0.05, 0) is 53.7 Å². The Morgan fingerprint density at radius 2 is 2.00 bits per heavy atom. The number of aryl methyl sites for hydroxylation is 1. The summed E-state index contributed by atoms with van der Waals surface area (Å²) in [7, 11) is 0. The van der Waals surface area contributed by atoms with E-state index in [4.69, 9.17) is 0 Å². The molecule has 0 spiro atoms. The van der Waals surface area contributed by atoms with Gasteiger partial charge in [-0.25, -0.2) is 4.99 Å². The molecule has 24 heavy (non-hydrogen) atoms. The van der Waals surface area contributed by atoms with E-state index in [1.54, 1.807) is 0 Å². The molecule has 0 aromatic carbocycles. The van der Waals surface area contributed by atoms with E-state index in [0.29, 0.717) is 5.96 Å². The van der Waals surface area contributed by atoms with E-state index in [9.17, 15) is 4.79 Å². The van der Waals surface area contributed by atoms with Gasteiger partial charge in [0, 0.05) is 34.3 Å². The molecule has 0 aliphatic carbocycles. The first-order chi connectivity index (χ1) is 10.7. The molecule has 1 aromatic heterocycles. The Morgan fingerprint density at radius 3 is 2.50 bits per heavy atom. The second kappa shape index (κ2) is 10.9. The van der Waals surface area contributed by atoms with Crippen molar-refractivity contribution in [1.29, 1.82) is 0 Å². The number of guanidine groups is 1. The van der Waals surface area contributed by atoms with Crippen molar-refractivity contribution in [2.75, 3.05) is 13.1 Å². The molecule has 0 radical (unpaired) electrons. The van der Waals surface area contributed by atoms with Crippen molar-refractivity contribution in [2.24, 2.45) is 4.99 Å². The number of aliphatic imine (C=N–C) groups is 1. The van der Waals surface area contributed by atoms with Gasteiger partial charge in [0.2, 0.25) is 5.91 Å². The van der Waals surface area contributed by atoms with Gasteiger partial charge >= 0.3 is 0 Å². The molecule has 5 nitrogen and oxygen atoms in total. The molecular weight excluding hydrogens is 435 g/mol. The highest BCUT2D eigenvalue weighted by Gasteiger charge is 2.13. The summed E-state index contributed by atoms with van der Waals surface area (Å²) in [6, 6.07) is 4.55. The first-order valence-electron chi connectivity index (χ1n) is 8.10. The third-order valence-electron chi connectivity index (χ3n) is 2.93. The largest absolute Gasteiger partial charge is 0.357 e. The van der Waals surface area contributed by atoms with E-state index in [1.165, 1.54) is 9.75 Å². The molecule has 0 bridgehead atoms. The zero-order valence-electron chi connectivity index (χ0n) is 15.5. The van der Waals surface area contributed by atoms with Crippen LogP contribution in [0.3, 0.4) is 0 Å². The van der Waals surface area contributed by atoms with Crippen molar-refractivity contribution >= 4 is 47.2 Å². The molecule has 138 valence electrons. The number of hydrogen-bond donors (Lipinski definition) is 3. The Bertz CT molecular complexity index is 537. The summed E-state index contributed by atoms with van der Waals surface area (Å²) in [6.07, 6.45) is 0.942. The van der Waals surface area contributed by atoms with Crippen LogP contribution in [-0.2, 0) is 11.2 Å². The molecule has 1 unspecified atom stereocenters. The summed E-state index contributed by atoms with van der Waals surface area (Å²) in [4.78, 5) is 18.9. The van der Waals surface area contributed by atoms with Gasteiger partial charge in [-0.15, -0.1) is 35.3 Å². The van der Waals surface area contributed by atoms with Crippen molar-refractivity contribution in [2.45, 2.75) is 59.5 Å². The predicted octanol–water partition coefficient (Wildman–Crippen LogP) is 3.08. The van der Waals surface area contributed by atoms with Crippen molar-refractivity contribution < 1.29 is 4.79 Å². The normalized spacial score (nSPS) is 13.0. The summed E-state index contributed by atoms with van der Waals surface area (Å²) < 4.78 is 0. The van der Waals surface area contributed by atoms with Gasteiger partial charge in [0.15, 0.2) is 5.96 Å². The number of rotatable bonds is 6. The van der Waals surface area contributed by atoms with Gasteiger partial charge in [0.1, 0.15) is 6.54 Å². The molecule has 0 saturated carbocycles. The monoisotopic (exact) mass is 466 g/mol. The second-order valence-corrected chi connectivity index (χ2v) is 8.13. The SMILES string of the molecule is CCNC(=NCC(=O)NC(C)(C)C)NC(C)Cc1ccc(C)s1.I. The van der Waals surface area contributed by atoms with E-state index in [2.05, 4.69) is 46.9 Å². The van der Waals surface area contributed by atoms with Crippen LogP contribution in [0.15, 0.2) is 17.1 Å². The lowest BCUT2D eigenvalue weighted by atomic mass is 10.1. The fourth-order valence-corrected chi connectivity index (χ4v) is 3.13. The van der Waals surface area contributed by atoms with Crippen LogP contribution in [0.25, 0.3) is 0 Å². The lowest BCUT2D eigenvalue weighted by Crippen LogP contribution is -2.45. The fourth-order valence-electron chi connectivity index (χ4n) is 2.11. The molecule has 0 saturated heterocycles. The minimum absolute atomic E-state index is 0. The van der Waals surface area contributed by atoms with E-state index >= 15 is 0 Å². The molecule has 1 amide bonds. The smallest absolute Gasteiger partial charge is 0.242 e. The Kier molecular flexibility index (Phi) is 10.5. The van der Waals surface area contributed by atoms with Crippen molar-refractivity contribution in [3.05, 3.63) is 21.9 Å². The van der Waals surface area contributed by atoms with Crippen LogP contribution < -0.4 is 16.0 Å². The molecule has 0 aliphatic heterocycles. The van der Waals surface area contributed by atoms with E-state index < -0.39 is 0 Å². The minimum atomic E-state index is -0.233. The van der Waals surface area contributed by atoms with Crippen molar-refractivity contribution in [3.8, 4) is 0 Å². The molecule has 1 heterocycles. The summed E-state index contributed by atoms with van der Waals surface area (Å²) in [6.45, 7) is 13.0. The van der Waals surface area contributed by atoms with Gasteiger partial charge in [0.25, 0.3) is 0 Å². The van der Waals surface area contributed by atoms with Crippen molar-refractivity contribution in [3.63, 3.8) is 0 Å². The number of carbonyl (C=O) groups is 1. The maximum Gasteiger partial charge on any atom is 0.242 e. The maximum absolute atomic E-state index is 11.9. The molecule has 1 aromatic rings. The van der Waals surface area contributed by atoms with Gasteiger partial charge in [0.05, 0.1) is 0 Å². The molecule has 1 atom stereocenters. The minimum Gasteiger partial charge on any atom is -0.357 e. The lowest BCUT2D eigenvalue weighted by Gasteiger charge is -2.20. The Morgan fingerprint density at radius 1 is 1.33 bits per heavy atom. The molecule has 1 rings (SSSR count). The van der Waals surface area contributed by atoms with Crippen LogP contribution in [0.1, 0.15) is 44.4 Å². The Balaban J connectivity index is 0.00000529. The van der Waals surface area contributed by atoms with Crippen LogP contribution in [-0.4, -0.2) is 36.5 Å². The first kappa shape index (κ1) is 23.2. The number of thiophene rings is 1. The number of nitrogens with zero attached hydrogens (tertiary/aromatic N) is 1. The number of nitrogens with one attached hydrogen (secondary N) is 3. The average molecular weight is 466 g/mol. The van der Waals surface area contributed by atoms with Gasteiger partial charge in [-0.3, -0.25) is 4.79 Å². The highest BCUT2D eigenvalue weighted by Crippen LogP contribution is 2.16. The number of amides is 1. The van der Waals surface area contributed by atoms with E-state index in [0.717, 1.165) is 13.0 Å². The molecule has 0 aliphatic rings. The van der Waals surface area contributed by atoms with Crippen molar-refractivity contribution in [1.82, 2.24) is 16.0 Å². The zero-order valence-corrected chi connectivity index (χ0v) is 18.7. The van der Waals surface area contributed by atoms with Crippen LogP contribution >= 0.6 is 35.3 Å². The summed E-state index contributed by atoms with van der Waals surface area (Å²) in [5.74, 6) is 0.605. The maximum atomic E-state index is 11.9. The molecule has 0 fully saturated rings. The highest BCUT2D eigenvalue weighted by atomic mass is 127. The molecular formula is C17H31IN4OS. The van der Waals surface area contributed by atoms with Gasteiger partial charge in [-0.2, -0.15) is 0 Å². The Hall–Kier alpha value is -0.830.